The minimum absolute atomic E-state index is 0.0772. The summed E-state index contributed by atoms with van der Waals surface area (Å²) in [5, 5.41) is 13.0. The van der Waals surface area contributed by atoms with Crippen LogP contribution < -0.4 is 0 Å². The summed E-state index contributed by atoms with van der Waals surface area (Å²) in [5.74, 6) is 0.932. The number of hydrogen-bond acceptors (Lipinski definition) is 5. The lowest BCUT2D eigenvalue weighted by molar-refractivity contribution is 0.0620. The Morgan fingerprint density at radius 2 is 1.48 bits per heavy atom. The Bertz CT molecular complexity index is 927. The molecular formula is C25H32N6. The minimum atomic E-state index is 0.0772. The first kappa shape index (κ1) is 20.3. The number of hydrogen-bond donors (Lipinski definition) is 0. The van der Waals surface area contributed by atoms with Gasteiger partial charge in [-0.3, -0.25) is 9.80 Å². The van der Waals surface area contributed by atoms with Gasteiger partial charge in [0.25, 0.3) is 0 Å². The van der Waals surface area contributed by atoms with E-state index in [1.165, 1.54) is 43.2 Å². The number of rotatable bonds is 6. The predicted molar refractivity (Wildman–Crippen MR) is 122 cm³/mol. The van der Waals surface area contributed by atoms with Crippen LogP contribution >= 0.6 is 0 Å². The average molecular weight is 417 g/mol. The molecule has 1 aliphatic heterocycles. The Hall–Kier alpha value is -2.57. The van der Waals surface area contributed by atoms with Crippen LogP contribution in [0.15, 0.2) is 60.7 Å². The van der Waals surface area contributed by atoms with Gasteiger partial charge >= 0.3 is 0 Å². The number of aromatic nitrogens is 4. The lowest BCUT2D eigenvalue weighted by Crippen LogP contribution is -2.52. The molecule has 2 fully saturated rings. The van der Waals surface area contributed by atoms with E-state index in [0.29, 0.717) is 6.54 Å². The highest BCUT2D eigenvalue weighted by molar-refractivity contribution is 5.25. The Kier molecular flexibility index (Phi) is 6.37. The Morgan fingerprint density at radius 3 is 2.19 bits per heavy atom. The van der Waals surface area contributed by atoms with Crippen LogP contribution in [-0.4, -0.2) is 62.2 Å². The van der Waals surface area contributed by atoms with Gasteiger partial charge in [0.2, 0.25) is 0 Å². The van der Waals surface area contributed by atoms with Crippen molar-refractivity contribution in [1.82, 2.24) is 30.0 Å². The van der Waals surface area contributed by atoms with Gasteiger partial charge in [-0.2, -0.15) is 0 Å². The molecule has 5 rings (SSSR count). The molecule has 0 radical (unpaired) electrons. The van der Waals surface area contributed by atoms with Gasteiger partial charge < -0.3 is 0 Å². The summed E-state index contributed by atoms with van der Waals surface area (Å²) in [7, 11) is 0. The van der Waals surface area contributed by atoms with Crippen LogP contribution in [0.1, 0.15) is 55.1 Å². The maximum atomic E-state index is 4.52. The third kappa shape index (κ3) is 4.70. The van der Waals surface area contributed by atoms with E-state index in [1.807, 2.05) is 10.7 Å². The van der Waals surface area contributed by atoms with Crippen molar-refractivity contribution < 1.29 is 0 Å². The largest absolute Gasteiger partial charge is 0.298 e. The lowest BCUT2D eigenvalue weighted by Gasteiger charge is -2.43. The SMILES string of the molecule is c1ccc(Cn2nnnc2C(c2ccccc2)N2CCN(C3CCCCC3)CC2)cc1. The van der Waals surface area contributed by atoms with Crippen molar-refractivity contribution in [3.8, 4) is 0 Å². The van der Waals surface area contributed by atoms with Crippen molar-refractivity contribution in [1.29, 1.82) is 0 Å². The van der Waals surface area contributed by atoms with Crippen molar-refractivity contribution >= 4 is 0 Å². The smallest absolute Gasteiger partial charge is 0.173 e. The molecule has 162 valence electrons. The zero-order valence-electron chi connectivity index (χ0n) is 18.2. The van der Waals surface area contributed by atoms with E-state index in [1.54, 1.807) is 0 Å². The van der Waals surface area contributed by atoms with Gasteiger partial charge in [0, 0.05) is 32.2 Å². The average Bonchev–Trinajstić information content (AvgIpc) is 3.29. The van der Waals surface area contributed by atoms with Crippen LogP contribution in [0.2, 0.25) is 0 Å². The summed E-state index contributed by atoms with van der Waals surface area (Å²) in [6.45, 7) is 5.06. The first-order valence-corrected chi connectivity index (χ1v) is 11.7. The molecule has 31 heavy (non-hydrogen) atoms. The fourth-order valence-electron chi connectivity index (χ4n) is 5.24. The molecule has 2 heterocycles. The van der Waals surface area contributed by atoms with Crippen LogP contribution in [0.25, 0.3) is 0 Å². The molecule has 0 N–H and O–H groups in total. The first-order valence-electron chi connectivity index (χ1n) is 11.7. The fraction of sp³-hybridized carbons (Fsp3) is 0.480. The van der Waals surface area contributed by atoms with E-state index in [-0.39, 0.29) is 6.04 Å². The lowest BCUT2D eigenvalue weighted by atomic mass is 9.93. The predicted octanol–water partition coefficient (Wildman–Crippen LogP) is 3.76. The molecule has 1 saturated carbocycles. The molecule has 0 spiro atoms. The number of piperazine rings is 1. The molecule has 1 saturated heterocycles. The summed E-state index contributed by atoms with van der Waals surface area (Å²) in [5.41, 5.74) is 2.47. The van der Waals surface area contributed by atoms with E-state index in [4.69, 9.17) is 0 Å². The van der Waals surface area contributed by atoms with Crippen LogP contribution in [0.5, 0.6) is 0 Å². The van der Waals surface area contributed by atoms with Crippen LogP contribution in [-0.2, 0) is 6.54 Å². The maximum absolute atomic E-state index is 4.52. The molecule has 1 unspecified atom stereocenters. The molecule has 1 atom stereocenters. The van der Waals surface area contributed by atoms with Crippen molar-refractivity contribution in [2.24, 2.45) is 0 Å². The highest BCUT2D eigenvalue weighted by atomic mass is 15.6. The molecule has 6 heteroatoms. The topological polar surface area (TPSA) is 50.1 Å². The molecule has 3 aromatic rings. The molecule has 6 nitrogen and oxygen atoms in total. The Morgan fingerprint density at radius 1 is 0.806 bits per heavy atom. The van der Waals surface area contributed by atoms with E-state index in [9.17, 15) is 0 Å². The molecule has 0 bridgehead atoms. The standard InChI is InChI=1S/C25H32N6/c1-4-10-21(11-5-1)20-31-25(26-27-28-31)24(22-12-6-2-7-13-22)30-18-16-29(17-19-30)23-14-8-3-9-15-23/h1-2,4-7,10-13,23-24H,3,8-9,14-20H2. The summed E-state index contributed by atoms with van der Waals surface area (Å²) < 4.78 is 1.97. The van der Waals surface area contributed by atoms with Crippen molar-refractivity contribution in [3.63, 3.8) is 0 Å². The molecule has 2 aromatic carbocycles. The molecule has 2 aliphatic rings. The zero-order chi connectivity index (χ0) is 20.9. The van der Waals surface area contributed by atoms with Crippen LogP contribution in [0.3, 0.4) is 0 Å². The molecule has 1 aromatic heterocycles. The summed E-state index contributed by atoms with van der Waals surface area (Å²) >= 11 is 0. The fourth-order valence-corrected chi connectivity index (χ4v) is 5.24. The van der Waals surface area contributed by atoms with Gasteiger partial charge in [-0.1, -0.05) is 79.9 Å². The first-order chi connectivity index (χ1) is 15.4. The molecule has 1 aliphatic carbocycles. The summed E-state index contributed by atoms with van der Waals surface area (Å²) in [6.07, 6.45) is 6.95. The summed E-state index contributed by atoms with van der Waals surface area (Å²) in [4.78, 5) is 5.30. The number of nitrogens with zero attached hydrogens (tertiary/aromatic N) is 6. The van der Waals surface area contributed by atoms with E-state index < -0.39 is 0 Å². The van der Waals surface area contributed by atoms with E-state index in [0.717, 1.165) is 38.0 Å². The third-order valence-corrected chi connectivity index (χ3v) is 6.90. The van der Waals surface area contributed by atoms with Gasteiger partial charge in [-0.25, -0.2) is 4.68 Å². The van der Waals surface area contributed by atoms with E-state index >= 15 is 0 Å². The summed E-state index contributed by atoms with van der Waals surface area (Å²) in [6, 6.07) is 22.0. The number of tetrazole rings is 1. The molecular weight excluding hydrogens is 384 g/mol. The third-order valence-electron chi connectivity index (χ3n) is 6.90. The Balaban J connectivity index is 1.37. The Labute approximate surface area is 184 Å². The normalized spacial score (nSPS) is 20.0. The minimum Gasteiger partial charge on any atom is -0.298 e. The van der Waals surface area contributed by atoms with Gasteiger partial charge in [0.15, 0.2) is 5.82 Å². The van der Waals surface area contributed by atoms with Crippen molar-refractivity contribution in [2.45, 2.75) is 50.7 Å². The van der Waals surface area contributed by atoms with Crippen molar-refractivity contribution in [2.75, 3.05) is 26.2 Å². The van der Waals surface area contributed by atoms with E-state index in [2.05, 4.69) is 79.9 Å². The van der Waals surface area contributed by atoms with Gasteiger partial charge in [-0.05, 0) is 34.4 Å². The zero-order valence-corrected chi connectivity index (χ0v) is 18.2. The second kappa shape index (κ2) is 9.71. The maximum Gasteiger partial charge on any atom is 0.173 e. The highest BCUT2D eigenvalue weighted by Crippen LogP contribution is 2.30. The number of benzene rings is 2. The quantitative estimate of drug-likeness (QED) is 0.612. The van der Waals surface area contributed by atoms with Crippen LogP contribution in [0, 0.1) is 0 Å². The van der Waals surface area contributed by atoms with Gasteiger partial charge in [0.1, 0.15) is 0 Å². The second-order valence-electron chi connectivity index (χ2n) is 8.86. The molecule has 0 amide bonds. The van der Waals surface area contributed by atoms with Crippen LogP contribution in [0.4, 0.5) is 0 Å². The van der Waals surface area contributed by atoms with Gasteiger partial charge in [-0.15, -0.1) is 5.10 Å². The second-order valence-corrected chi connectivity index (χ2v) is 8.86. The van der Waals surface area contributed by atoms with Gasteiger partial charge in [0.05, 0.1) is 12.6 Å². The monoisotopic (exact) mass is 416 g/mol. The van der Waals surface area contributed by atoms with Crippen molar-refractivity contribution in [3.05, 3.63) is 77.6 Å². The highest BCUT2D eigenvalue weighted by Gasteiger charge is 2.32.